The highest BCUT2D eigenvalue weighted by Crippen LogP contribution is 2.58. The van der Waals surface area contributed by atoms with Crippen LogP contribution < -0.4 is 5.73 Å². The second kappa shape index (κ2) is 6.74. The number of nitrogens with two attached hydrogens (primary N) is 1. The average Bonchev–Trinajstić information content (AvgIpc) is 2.70. The highest BCUT2D eigenvalue weighted by atomic mass is 35.5. The molecule has 1 saturated carbocycles. The lowest BCUT2D eigenvalue weighted by Gasteiger charge is -2.54. The summed E-state index contributed by atoms with van der Waals surface area (Å²) in [5.74, 6) is -8.37. The summed E-state index contributed by atoms with van der Waals surface area (Å²) in [6, 6.07) is 3.10. The number of carbonyl (C=O) groups excluding carboxylic acids is 4. The Bertz CT molecular complexity index is 1170. The van der Waals surface area contributed by atoms with Gasteiger partial charge in [-0.15, -0.1) is 11.6 Å². The molecule has 1 aromatic rings. The molecule has 3 aliphatic rings. The van der Waals surface area contributed by atoms with E-state index >= 15 is 0 Å². The molecule has 1 amide bonds. The lowest BCUT2D eigenvalue weighted by Crippen LogP contribution is -2.72. The predicted molar refractivity (Wildman–Crippen MR) is 113 cm³/mol. The van der Waals surface area contributed by atoms with E-state index in [-0.39, 0.29) is 17.6 Å². The quantitative estimate of drug-likeness (QED) is 0.279. The monoisotopic (exact) mass is 460 g/mol. The van der Waals surface area contributed by atoms with Crippen molar-refractivity contribution in [3.05, 3.63) is 47.2 Å². The number of aromatic hydroxyl groups is 1. The Morgan fingerprint density at radius 2 is 1.88 bits per heavy atom. The first kappa shape index (κ1) is 22.2. The number of hydrogen-bond donors (Lipinski definition) is 4. The van der Waals surface area contributed by atoms with Gasteiger partial charge in [0, 0.05) is 11.8 Å². The maximum absolute atomic E-state index is 13.8. The van der Waals surface area contributed by atoms with Gasteiger partial charge in [0.05, 0.1) is 11.6 Å². The highest BCUT2D eigenvalue weighted by Gasteiger charge is 2.72. The second-order valence-electron chi connectivity index (χ2n) is 8.62. The van der Waals surface area contributed by atoms with Crippen LogP contribution in [0.25, 0.3) is 5.57 Å². The standard InChI is InChI=1S/C22H21ClN2O7/c1-8-9-5-4-6-12(26)13(9)17(28)21(23)10(8)7-11-15(25(2)3)16(27)14(19(24)30)18(29)22(11,32)20(21)31/h4-6,10-11,15,26,29,32H,1,7H2,2-3H3,(H2,24,30)/t10?,11?,15-,21?,22+/m0/s1. The number of aliphatic hydroxyl groups excluding tert-OH is 1. The summed E-state index contributed by atoms with van der Waals surface area (Å²) in [6.07, 6.45) is -0.184. The molecule has 0 heterocycles. The summed E-state index contributed by atoms with van der Waals surface area (Å²) in [5, 5.41) is 32.6. The number of nitrogens with zero attached hydrogens (tertiary/aromatic N) is 1. The van der Waals surface area contributed by atoms with Gasteiger partial charge in [-0.2, -0.15) is 0 Å². The smallest absolute Gasteiger partial charge is 0.255 e. The van der Waals surface area contributed by atoms with E-state index in [0.29, 0.717) is 5.56 Å². The fraction of sp³-hybridized carbons (Fsp3) is 0.364. The number of alkyl halides is 1. The zero-order valence-electron chi connectivity index (χ0n) is 17.3. The summed E-state index contributed by atoms with van der Waals surface area (Å²) >= 11 is 6.66. The molecule has 3 unspecified atom stereocenters. The van der Waals surface area contributed by atoms with E-state index in [4.69, 9.17) is 17.3 Å². The van der Waals surface area contributed by atoms with Crippen LogP contribution in [0.5, 0.6) is 5.75 Å². The van der Waals surface area contributed by atoms with Crippen molar-refractivity contribution in [3.8, 4) is 5.75 Å². The Morgan fingerprint density at radius 3 is 2.44 bits per heavy atom. The third-order valence-electron chi connectivity index (χ3n) is 6.85. The van der Waals surface area contributed by atoms with Crippen molar-refractivity contribution in [1.29, 1.82) is 0 Å². The molecule has 3 aliphatic carbocycles. The van der Waals surface area contributed by atoms with E-state index < -0.39 is 68.7 Å². The van der Waals surface area contributed by atoms with Gasteiger partial charge >= 0.3 is 0 Å². The molecule has 0 bridgehead atoms. The summed E-state index contributed by atoms with van der Waals surface area (Å²) in [4.78, 5) is 51.1. The van der Waals surface area contributed by atoms with Gasteiger partial charge in [0.1, 0.15) is 17.1 Å². The molecule has 0 spiro atoms. The van der Waals surface area contributed by atoms with E-state index in [9.17, 15) is 34.5 Å². The molecule has 32 heavy (non-hydrogen) atoms. The number of likely N-dealkylation sites (N-methyl/N-ethyl adjacent to an activating group) is 1. The Morgan fingerprint density at radius 1 is 1.25 bits per heavy atom. The summed E-state index contributed by atoms with van der Waals surface area (Å²) < 4.78 is 0. The minimum Gasteiger partial charge on any atom is -0.508 e. The molecular formula is C22H21ClN2O7. The molecule has 9 nitrogen and oxygen atoms in total. The van der Waals surface area contributed by atoms with Crippen molar-refractivity contribution >= 4 is 40.4 Å². The number of hydrogen-bond acceptors (Lipinski definition) is 8. The molecule has 5 atom stereocenters. The van der Waals surface area contributed by atoms with E-state index in [1.165, 1.54) is 31.1 Å². The lowest BCUT2D eigenvalue weighted by atomic mass is 9.53. The van der Waals surface area contributed by atoms with E-state index in [2.05, 4.69) is 6.58 Å². The number of phenolic OH excluding ortho intramolecular Hbond substituents is 1. The van der Waals surface area contributed by atoms with Crippen molar-refractivity contribution in [2.45, 2.75) is 22.9 Å². The number of ketones is 3. The highest BCUT2D eigenvalue weighted by molar-refractivity contribution is 6.52. The first-order valence-electron chi connectivity index (χ1n) is 9.77. The number of primary amides is 1. The van der Waals surface area contributed by atoms with Crippen LogP contribution in [0.4, 0.5) is 0 Å². The van der Waals surface area contributed by atoms with Gasteiger partial charge < -0.3 is 21.1 Å². The molecular weight excluding hydrogens is 440 g/mol. The maximum Gasteiger partial charge on any atom is 0.255 e. The van der Waals surface area contributed by atoms with Crippen LogP contribution in [-0.4, -0.2) is 74.1 Å². The number of phenols is 1. The first-order chi connectivity index (χ1) is 14.8. The van der Waals surface area contributed by atoms with Crippen LogP contribution in [0.1, 0.15) is 22.3 Å². The maximum atomic E-state index is 13.8. The number of benzene rings is 1. The second-order valence-corrected chi connectivity index (χ2v) is 9.21. The van der Waals surface area contributed by atoms with Gasteiger partial charge in [-0.1, -0.05) is 18.7 Å². The summed E-state index contributed by atoms with van der Waals surface area (Å²) in [5.41, 5.74) is 1.87. The van der Waals surface area contributed by atoms with Gasteiger partial charge in [0.25, 0.3) is 5.91 Å². The minimum absolute atomic E-state index is 0.184. The molecule has 1 fully saturated rings. The SMILES string of the molecule is C=C1c2cccc(O)c2C(=O)C2(Cl)C(=O)[C@]3(O)C(O)=C(C(N)=O)C(=O)[C@@H](N(C)C)C3CC12. The number of fused-ring (bicyclic) bond motifs is 3. The molecule has 0 saturated heterocycles. The first-order valence-corrected chi connectivity index (χ1v) is 10.1. The number of rotatable bonds is 2. The summed E-state index contributed by atoms with van der Waals surface area (Å²) in [7, 11) is 3.01. The Hall–Kier alpha value is -3.01. The number of halogens is 1. The Labute approximate surface area is 187 Å². The number of allylic oxidation sites excluding steroid dienone is 1. The van der Waals surface area contributed by atoms with Crippen LogP contribution in [0.15, 0.2) is 36.1 Å². The third-order valence-corrected chi connectivity index (χ3v) is 7.45. The zero-order chi connectivity index (χ0) is 23.9. The van der Waals surface area contributed by atoms with Crippen LogP contribution in [-0.2, 0) is 14.4 Å². The molecule has 168 valence electrons. The normalized spacial score (nSPS) is 34.3. The molecule has 1 aromatic carbocycles. The molecule has 0 radical (unpaired) electrons. The van der Waals surface area contributed by atoms with Crippen LogP contribution in [0, 0.1) is 11.8 Å². The Balaban J connectivity index is 2.02. The molecule has 4 rings (SSSR count). The van der Waals surface area contributed by atoms with Gasteiger partial charge in [-0.05, 0) is 37.7 Å². The lowest BCUT2D eigenvalue weighted by molar-refractivity contribution is -0.160. The van der Waals surface area contributed by atoms with E-state index in [0.717, 1.165) is 0 Å². The average molecular weight is 461 g/mol. The van der Waals surface area contributed by atoms with E-state index in [1.54, 1.807) is 6.07 Å². The number of amides is 1. The van der Waals surface area contributed by atoms with Crippen molar-refractivity contribution in [2.24, 2.45) is 17.6 Å². The van der Waals surface area contributed by atoms with E-state index in [1.807, 2.05) is 0 Å². The van der Waals surface area contributed by atoms with Crippen LogP contribution in [0.3, 0.4) is 0 Å². The molecule has 0 aromatic heterocycles. The fourth-order valence-corrected chi connectivity index (χ4v) is 5.82. The largest absolute Gasteiger partial charge is 0.508 e. The van der Waals surface area contributed by atoms with Crippen LogP contribution in [0.2, 0.25) is 0 Å². The Kier molecular flexibility index (Phi) is 4.68. The minimum atomic E-state index is -2.83. The number of Topliss-reactive ketones (excluding diaryl/α,β-unsaturated/α-hetero) is 3. The summed E-state index contributed by atoms with van der Waals surface area (Å²) in [6.45, 7) is 3.98. The van der Waals surface area contributed by atoms with Gasteiger partial charge in [-0.3, -0.25) is 24.1 Å². The topological polar surface area (TPSA) is 158 Å². The van der Waals surface area contributed by atoms with Gasteiger partial charge in [0.2, 0.25) is 5.78 Å². The number of carbonyl (C=O) groups is 4. The third kappa shape index (κ3) is 2.41. The van der Waals surface area contributed by atoms with Crippen molar-refractivity contribution in [2.75, 3.05) is 14.1 Å². The van der Waals surface area contributed by atoms with Crippen molar-refractivity contribution in [3.63, 3.8) is 0 Å². The van der Waals surface area contributed by atoms with Crippen molar-refractivity contribution in [1.82, 2.24) is 4.90 Å². The molecule has 5 N–H and O–H groups in total. The fourth-order valence-electron chi connectivity index (χ4n) is 5.36. The zero-order valence-corrected chi connectivity index (χ0v) is 18.0. The van der Waals surface area contributed by atoms with Gasteiger partial charge in [-0.25, -0.2) is 0 Å². The molecule has 0 aliphatic heterocycles. The van der Waals surface area contributed by atoms with Gasteiger partial charge in [0.15, 0.2) is 22.0 Å². The predicted octanol–water partition coefficient (Wildman–Crippen LogP) is 0.326. The van der Waals surface area contributed by atoms with Crippen LogP contribution >= 0.6 is 11.6 Å². The molecule has 10 heteroatoms. The van der Waals surface area contributed by atoms with Crippen molar-refractivity contribution < 1.29 is 34.5 Å². The number of aliphatic hydroxyl groups is 2.